The molecule has 0 saturated carbocycles. The Bertz CT molecular complexity index is 1590. The van der Waals surface area contributed by atoms with Gasteiger partial charge in [0.1, 0.15) is 4.90 Å². The highest BCUT2D eigenvalue weighted by Gasteiger charge is 2.33. The number of aromatic nitrogens is 1. The molecular weight excluding hydrogens is 539 g/mol. The summed E-state index contributed by atoms with van der Waals surface area (Å²) in [5.41, 5.74) is 6.56. The topological polar surface area (TPSA) is 83.5 Å². The molecule has 5 rings (SSSR count). The van der Waals surface area contributed by atoms with E-state index in [-0.39, 0.29) is 10.9 Å². The van der Waals surface area contributed by atoms with Crippen LogP contribution >= 0.6 is 34.8 Å². The number of fused-ring (bicyclic) bond motifs is 1. The second kappa shape index (κ2) is 10.00. The van der Waals surface area contributed by atoms with Crippen LogP contribution in [0.25, 0.3) is 10.9 Å². The number of halogens is 3. The van der Waals surface area contributed by atoms with Gasteiger partial charge in [0.15, 0.2) is 0 Å². The fourth-order valence-corrected chi connectivity index (χ4v) is 6.28. The highest BCUT2D eigenvalue weighted by atomic mass is 35.5. The Balaban J connectivity index is 1.53. The Hall–Kier alpha value is -2.68. The summed E-state index contributed by atoms with van der Waals surface area (Å²) >= 11 is 18.7. The number of benzene rings is 3. The standard InChI is InChI=1S/C26H21Cl3N4O2S/c1-15-11-17-3-2-4-24(25(17)30-14-15)36(34,35)33-26(20-10-9-19(28)12-21(20)29)23-13-22(31-32-23)16-5-7-18(27)8-6-16/h2-12,14,22,26,31,33H,13H2,1H3. The number of hydrogen-bond acceptors (Lipinski definition) is 5. The maximum absolute atomic E-state index is 13.7. The van der Waals surface area contributed by atoms with E-state index in [9.17, 15) is 8.42 Å². The molecule has 0 fully saturated rings. The highest BCUT2D eigenvalue weighted by molar-refractivity contribution is 7.89. The summed E-state index contributed by atoms with van der Waals surface area (Å²) in [6.45, 7) is 1.91. The molecule has 2 heterocycles. The number of para-hydroxylation sites is 1. The van der Waals surface area contributed by atoms with Crippen LogP contribution in [0.3, 0.4) is 0 Å². The first-order chi connectivity index (χ1) is 17.2. The Labute approximate surface area is 224 Å². The van der Waals surface area contributed by atoms with Crippen molar-refractivity contribution < 1.29 is 8.42 Å². The van der Waals surface area contributed by atoms with Gasteiger partial charge in [-0.15, -0.1) is 0 Å². The summed E-state index contributed by atoms with van der Waals surface area (Å²) in [4.78, 5) is 4.48. The smallest absolute Gasteiger partial charge is 0.243 e. The normalized spacial score (nSPS) is 16.6. The third-order valence-electron chi connectivity index (χ3n) is 6.03. The van der Waals surface area contributed by atoms with Crippen molar-refractivity contribution >= 4 is 61.4 Å². The number of rotatable bonds is 6. The van der Waals surface area contributed by atoms with Crippen LogP contribution in [0.5, 0.6) is 0 Å². The van der Waals surface area contributed by atoms with E-state index in [4.69, 9.17) is 34.8 Å². The van der Waals surface area contributed by atoms with E-state index < -0.39 is 16.1 Å². The molecule has 2 N–H and O–H groups in total. The Kier molecular flexibility index (Phi) is 6.94. The van der Waals surface area contributed by atoms with Crippen molar-refractivity contribution in [2.45, 2.75) is 30.3 Å². The Morgan fingerprint density at radius 1 is 1.00 bits per heavy atom. The maximum Gasteiger partial charge on any atom is 0.243 e. The van der Waals surface area contributed by atoms with Crippen molar-refractivity contribution in [3.8, 4) is 0 Å². The quantitative estimate of drug-likeness (QED) is 0.278. The van der Waals surface area contributed by atoms with Crippen molar-refractivity contribution in [3.63, 3.8) is 0 Å². The first kappa shape index (κ1) is 25.0. The predicted molar refractivity (Wildman–Crippen MR) is 145 cm³/mol. The van der Waals surface area contributed by atoms with Crippen LogP contribution in [0.15, 0.2) is 82.9 Å². The zero-order valence-corrected chi connectivity index (χ0v) is 22.1. The van der Waals surface area contributed by atoms with Crippen LogP contribution in [0.1, 0.15) is 35.2 Å². The summed E-state index contributed by atoms with van der Waals surface area (Å²) in [5.74, 6) is 0. The summed E-state index contributed by atoms with van der Waals surface area (Å²) < 4.78 is 30.3. The maximum atomic E-state index is 13.7. The first-order valence-corrected chi connectivity index (χ1v) is 13.7. The van der Waals surface area contributed by atoms with E-state index in [2.05, 4.69) is 20.2 Å². The predicted octanol–water partition coefficient (Wildman–Crippen LogP) is 6.61. The number of pyridine rings is 1. The summed E-state index contributed by atoms with van der Waals surface area (Å²) in [5, 5.41) is 6.66. The lowest BCUT2D eigenvalue weighted by atomic mass is 9.96. The molecular formula is C26H21Cl3N4O2S. The number of sulfonamides is 1. The third-order valence-corrected chi connectivity index (χ3v) is 8.30. The molecule has 0 bridgehead atoms. The number of hydrogen-bond donors (Lipinski definition) is 2. The molecule has 36 heavy (non-hydrogen) atoms. The van der Waals surface area contributed by atoms with Crippen LogP contribution in [0.2, 0.25) is 15.1 Å². The van der Waals surface area contributed by atoms with Crippen LogP contribution in [0, 0.1) is 6.92 Å². The second-order valence-corrected chi connectivity index (χ2v) is 11.6. The van der Waals surface area contributed by atoms with E-state index in [1.54, 1.807) is 36.5 Å². The number of aryl methyl sites for hydroxylation is 1. The van der Waals surface area contributed by atoms with Gasteiger partial charge in [-0.25, -0.2) is 8.42 Å². The summed E-state index contributed by atoms with van der Waals surface area (Å²) in [6.07, 6.45) is 2.11. The van der Waals surface area contributed by atoms with Crippen molar-refractivity contribution in [2.75, 3.05) is 0 Å². The molecule has 4 aromatic rings. The van der Waals surface area contributed by atoms with Gasteiger partial charge in [-0.1, -0.05) is 65.1 Å². The molecule has 2 atom stereocenters. The minimum atomic E-state index is -4.03. The monoisotopic (exact) mass is 558 g/mol. The molecule has 10 heteroatoms. The van der Waals surface area contributed by atoms with Crippen molar-refractivity contribution in [1.82, 2.24) is 15.1 Å². The van der Waals surface area contributed by atoms with Gasteiger partial charge in [-0.2, -0.15) is 9.82 Å². The molecule has 0 saturated heterocycles. The molecule has 3 aromatic carbocycles. The van der Waals surface area contributed by atoms with E-state index in [0.717, 1.165) is 16.5 Å². The summed E-state index contributed by atoms with van der Waals surface area (Å²) in [7, 11) is -4.03. The SMILES string of the molecule is Cc1cnc2c(S(=O)(=O)NC(C3=NNC(c4ccc(Cl)cc4)C3)c3ccc(Cl)cc3Cl)cccc2c1. The number of nitrogens with zero attached hydrogens (tertiary/aromatic N) is 2. The molecule has 1 aliphatic heterocycles. The fraction of sp³-hybridized carbons (Fsp3) is 0.154. The molecule has 2 unspecified atom stereocenters. The van der Waals surface area contributed by atoms with Crippen LogP contribution in [-0.4, -0.2) is 19.1 Å². The molecule has 0 spiro atoms. The van der Waals surface area contributed by atoms with Gasteiger partial charge in [0.05, 0.1) is 23.3 Å². The fourth-order valence-electron chi connectivity index (χ4n) is 4.26. The molecule has 0 radical (unpaired) electrons. The Morgan fingerprint density at radius 3 is 2.50 bits per heavy atom. The van der Waals surface area contributed by atoms with Crippen LogP contribution in [0.4, 0.5) is 0 Å². The molecule has 0 aliphatic carbocycles. The highest BCUT2D eigenvalue weighted by Crippen LogP contribution is 2.34. The second-order valence-electron chi connectivity index (χ2n) is 8.60. The van der Waals surface area contributed by atoms with Crippen molar-refractivity contribution in [1.29, 1.82) is 0 Å². The minimum absolute atomic E-state index is 0.0795. The van der Waals surface area contributed by atoms with Crippen LogP contribution in [-0.2, 0) is 10.0 Å². The zero-order valence-electron chi connectivity index (χ0n) is 19.0. The first-order valence-electron chi connectivity index (χ1n) is 11.1. The van der Waals surface area contributed by atoms with Gasteiger partial charge in [-0.3, -0.25) is 4.98 Å². The van der Waals surface area contributed by atoms with Gasteiger partial charge in [0, 0.05) is 33.1 Å². The van der Waals surface area contributed by atoms with Gasteiger partial charge < -0.3 is 5.43 Å². The van der Waals surface area contributed by atoms with Gasteiger partial charge in [0.2, 0.25) is 10.0 Å². The van der Waals surface area contributed by atoms with E-state index in [1.165, 1.54) is 0 Å². The number of nitrogens with one attached hydrogen (secondary N) is 2. The molecule has 184 valence electrons. The molecule has 6 nitrogen and oxygen atoms in total. The van der Waals surface area contributed by atoms with Crippen molar-refractivity contribution in [3.05, 3.63) is 105 Å². The lowest BCUT2D eigenvalue weighted by Gasteiger charge is -2.21. The molecule has 1 aliphatic rings. The van der Waals surface area contributed by atoms with Gasteiger partial charge in [0.25, 0.3) is 0 Å². The lowest BCUT2D eigenvalue weighted by molar-refractivity contribution is 0.577. The summed E-state index contributed by atoms with van der Waals surface area (Å²) in [6, 6.07) is 18.4. The average Bonchev–Trinajstić information content (AvgIpc) is 3.33. The van der Waals surface area contributed by atoms with Crippen molar-refractivity contribution in [2.24, 2.45) is 5.10 Å². The van der Waals surface area contributed by atoms with E-state index in [0.29, 0.717) is 38.3 Å². The van der Waals surface area contributed by atoms with E-state index in [1.807, 2.05) is 43.3 Å². The third kappa shape index (κ3) is 5.08. The average molecular weight is 560 g/mol. The van der Waals surface area contributed by atoms with E-state index >= 15 is 0 Å². The van der Waals surface area contributed by atoms with Crippen LogP contribution < -0.4 is 10.1 Å². The molecule has 0 amide bonds. The minimum Gasteiger partial charge on any atom is -0.302 e. The Morgan fingerprint density at radius 2 is 1.75 bits per heavy atom. The number of hydrazone groups is 1. The van der Waals surface area contributed by atoms with Gasteiger partial charge in [-0.05, 0) is 60.0 Å². The molecule has 1 aromatic heterocycles. The van der Waals surface area contributed by atoms with Gasteiger partial charge >= 0.3 is 0 Å². The zero-order chi connectivity index (χ0) is 25.4. The largest absolute Gasteiger partial charge is 0.302 e. The lowest BCUT2D eigenvalue weighted by Crippen LogP contribution is -2.34.